The van der Waals surface area contributed by atoms with E-state index in [0.29, 0.717) is 0 Å². The molecule has 10 nitrogen and oxygen atoms in total. The molecule has 0 aromatic heterocycles. The molecule has 0 radical (unpaired) electrons. The molecule has 6 N–H and O–H groups in total. The van der Waals surface area contributed by atoms with E-state index < -0.39 is 38.6 Å². The molecular formula is H11N3O7Si4. The lowest BCUT2D eigenvalue weighted by atomic mass is 13.6. The summed E-state index contributed by atoms with van der Waals surface area (Å²) in [5.74, 6) is 14.8. The van der Waals surface area contributed by atoms with Gasteiger partial charge in [0.1, 0.15) is 0 Å². The van der Waals surface area contributed by atoms with Crippen molar-refractivity contribution >= 4 is 38.6 Å². The third-order valence-electron chi connectivity index (χ3n) is 1.25. The summed E-state index contributed by atoms with van der Waals surface area (Å²) in [4.78, 5) is 0. The molecule has 0 amide bonds. The van der Waals surface area contributed by atoms with Gasteiger partial charge in [-0.3, -0.25) is 13.6 Å². The van der Waals surface area contributed by atoms with Crippen molar-refractivity contribution < 1.29 is 30.0 Å². The summed E-state index contributed by atoms with van der Waals surface area (Å²) < 4.78 is 33.7. The fourth-order valence-corrected chi connectivity index (χ4v) is 8.58. The summed E-state index contributed by atoms with van der Waals surface area (Å²) in [5, 5.41) is 0. The molecular weight excluding hydrogens is 266 g/mol. The number of hydrogen-bond donors (Lipinski definition) is 3. The Bertz CT molecular complexity index is 165. The molecule has 1 fully saturated rings. The Hall–Kier alpha value is 0.468. The second-order valence-corrected chi connectivity index (χ2v) is 9.89. The zero-order valence-corrected chi connectivity index (χ0v) is 12.1. The molecule has 1 heterocycles. The first-order valence-corrected chi connectivity index (χ1v) is 8.74. The summed E-state index contributed by atoms with van der Waals surface area (Å²) in [6, 6.07) is 0. The van der Waals surface area contributed by atoms with Crippen LogP contribution in [-0.2, 0) is 30.0 Å². The monoisotopic (exact) mass is 277 g/mol. The Balaban J connectivity index is 2.60. The van der Waals surface area contributed by atoms with Crippen molar-refractivity contribution in [1.82, 2.24) is 0 Å². The van der Waals surface area contributed by atoms with E-state index in [-0.39, 0.29) is 0 Å². The lowest BCUT2D eigenvalue weighted by molar-refractivity contribution is 0.0124. The van der Waals surface area contributed by atoms with Crippen LogP contribution in [0.15, 0.2) is 0 Å². The first-order valence-electron chi connectivity index (χ1n) is 3.39. The Morgan fingerprint density at radius 3 is 2.43 bits per heavy atom. The average molecular weight is 277 g/mol. The highest BCUT2D eigenvalue weighted by atomic mass is 28.5. The van der Waals surface area contributed by atoms with Crippen LogP contribution in [-0.4, -0.2) is 38.6 Å². The molecule has 1 saturated heterocycles. The quantitative estimate of drug-likeness (QED) is 0.338. The molecule has 0 spiro atoms. The highest BCUT2D eigenvalue weighted by Crippen LogP contribution is 2.10. The van der Waals surface area contributed by atoms with E-state index in [2.05, 4.69) is 13.6 Å². The fourth-order valence-electron chi connectivity index (χ4n) is 0.656. The first-order chi connectivity index (χ1) is 6.76. The third-order valence-corrected chi connectivity index (χ3v) is 8.82. The zero-order valence-electron chi connectivity index (χ0n) is 7.08. The lowest BCUT2D eigenvalue weighted by Crippen LogP contribution is -2.59. The van der Waals surface area contributed by atoms with Crippen molar-refractivity contribution in [3.05, 3.63) is 0 Å². The maximum absolute atomic E-state index is 5.11. The van der Waals surface area contributed by atoms with Gasteiger partial charge < -0.3 is 16.5 Å². The van der Waals surface area contributed by atoms with Crippen molar-refractivity contribution in [2.24, 2.45) is 17.7 Å². The summed E-state index contributed by atoms with van der Waals surface area (Å²) >= 11 is 0. The van der Waals surface area contributed by atoms with Crippen LogP contribution in [0.5, 0.6) is 0 Å². The Morgan fingerprint density at radius 2 is 1.86 bits per heavy atom. The summed E-state index contributed by atoms with van der Waals surface area (Å²) in [5.41, 5.74) is 0. The minimum absolute atomic E-state index is 1.17. The average Bonchev–Trinajstić information content (AvgIpc) is 2.19. The van der Waals surface area contributed by atoms with Crippen molar-refractivity contribution in [3.8, 4) is 0 Å². The second-order valence-electron chi connectivity index (χ2n) is 2.03. The van der Waals surface area contributed by atoms with Crippen LogP contribution in [0.3, 0.4) is 0 Å². The van der Waals surface area contributed by atoms with Gasteiger partial charge in [0.2, 0.25) is 0 Å². The van der Waals surface area contributed by atoms with Crippen molar-refractivity contribution in [1.29, 1.82) is 0 Å². The van der Waals surface area contributed by atoms with E-state index in [1.165, 1.54) is 0 Å². The van der Waals surface area contributed by atoms with E-state index in [4.69, 9.17) is 34.2 Å². The van der Waals surface area contributed by atoms with Gasteiger partial charge in [-0.1, -0.05) is 0 Å². The van der Waals surface area contributed by atoms with Gasteiger partial charge >= 0.3 is 18.6 Å². The third kappa shape index (κ3) is 3.25. The first kappa shape index (κ1) is 12.5. The maximum Gasteiger partial charge on any atom is 0.696 e. The largest absolute Gasteiger partial charge is 0.696 e. The standard InChI is InChI=1S/H11N3O7Si4/c1-4-13-8-11-7-12-9-14(5-2,6-3)10-13/h13H,1-3,11-12H2. The van der Waals surface area contributed by atoms with Gasteiger partial charge in [-0.05, 0) is 0 Å². The molecule has 0 bridgehead atoms. The highest BCUT2D eigenvalue weighted by Gasteiger charge is 2.50. The highest BCUT2D eigenvalue weighted by molar-refractivity contribution is 6.68. The molecule has 0 aliphatic carbocycles. The predicted octanol–water partition coefficient (Wildman–Crippen LogP) is -5.11. The van der Waals surface area contributed by atoms with Crippen molar-refractivity contribution in [3.63, 3.8) is 0 Å². The van der Waals surface area contributed by atoms with Gasteiger partial charge in [0.05, 0.1) is 0 Å². The topological polar surface area (TPSA) is 143 Å². The van der Waals surface area contributed by atoms with Crippen LogP contribution in [0.2, 0.25) is 0 Å². The number of rotatable bonds is 3. The molecule has 1 rings (SSSR count). The number of hydrogen-bond acceptors (Lipinski definition) is 10. The maximum atomic E-state index is 5.11. The van der Waals surface area contributed by atoms with Gasteiger partial charge in [-0.2, -0.15) is 0 Å². The van der Waals surface area contributed by atoms with Crippen LogP contribution >= 0.6 is 0 Å². The molecule has 1 aliphatic rings. The van der Waals surface area contributed by atoms with E-state index in [1.54, 1.807) is 0 Å². The second kappa shape index (κ2) is 6.14. The Kier molecular flexibility index (Phi) is 5.50. The van der Waals surface area contributed by atoms with Gasteiger partial charge in [0.15, 0.2) is 0 Å². The molecule has 84 valence electrons. The molecule has 14 heavy (non-hydrogen) atoms. The summed E-state index contributed by atoms with van der Waals surface area (Å²) in [6.07, 6.45) is 0. The molecule has 1 atom stereocenters. The van der Waals surface area contributed by atoms with Gasteiger partial charge in [-0.15, -0.1) is 0 Å². The van der Waals surface area contributed by atoms with Crippen molar-refractivity contribution in [2.45, 2.75) is 0 Å². The van der Waals surface area contributed by atoms with E-state index >= 15 is 0 Å². The minimum atomic E-state index is -3.55. The van der Waals surface area contributed by atoms with Gasteiger partial charge in [-0.25, -0.2) is 17.7 Å². The van der Waals surface area contributed by atoms with Gasteiger partial charge in [0.25, 0.3) is 20.0 Å². The molecule has 1 aliphatic heterocycles. The molecule has 14 heteroatoms. The minimum Gasteiger partial charge on any atom is -0.425 e. The number of nitrogens with two attached hydrogens (primary N) is 3. The predicted molar refractivity (Wildman–Crippen MR) is 50.1 cm³/mol. The smallest absolute Gasteiger partial charge is 0.425 e. The molecule has 0 saturated carbocycles. The van der Waals surface area contributed by atoms with E-state index in [0.717, 1.165) is 0 Å². The fraction of sp³-hybridized carbons (Fsp3) is 0. The normalized spacial score (nSPS) is 31.5. The summed E-state index contributed by atoms with van der Waals surface area (Å²) in [7, 11) is -8.62. The summed E-state index contributed by atoms with van der Waals surface area (Å²) in [6.45, 7) is 0. The van der Waals surface area contributed by atoms with E-state index in [9.17, 15) is 0 Å². The Morgan fingerprint density at radius 1 is 1.14 bits per heavy atom. The lowest BCUT2D eigenvalue weighted by Gasteiger charge is -2.28. The van der Waals surface area contributed by atoms with Crippen LogP contribution in [0.4, 0.5) is 0 Å². The van der Waals surface area contributed by atoms with Gasteiger partial charge in [0, 0.05) is 0 Å². The van der Waals surface area contributed by atoms with Crippen LogP contribution < -0.4 is 17.7 Å². The van der Waals surface area contributed by atoms with Crippen LogP contribution in [0.1, 0.15) is 0 Å². The molecule has 0 aromatic carbocycles. The molecule has 0 aromatic rings. The molecule has 1 unspecified atom stereocenters. The van der Waals surface area contributed by atoms with Crippen LogP contribution in [0.25, 0.3) is 0 Å². The SMILES string of the molecule is NO[SiH]1O[SiH2]O[SiH2]O[Si](ON)(ON)O1. The zero-order chi connectivity index (χ0) is 10.4. The van der Waals surface area contributed by atoms with E-state index in [1.807, 2.05) is 0 Å². The van der Waals surface area contributed by atoms with Crippen LogP contribution in [0, 0.1) is 0 Å². The Labute approximate surface area is 86.9 Å². The van der Waals surface area contributed by atoms with Crippen molar-refractivity contribution in [2.75, 3.05) is 0 Å².